The third-order valence-corrected chi connectivity index (χ3v) is 5.61. The summed E-state index contributed by atoms with van der Waals surface area (Å²) in [6.45, 7) is 9.11. The summed E-state index contributed by atoms with van der Waals surface area (Å²) in [5.74, 6) is 0. The molecule has 6 heteroatoms. The van der Waals surface area contributed by atoms with Crippen LogP contribution >= 0.6 is 0 Å². The molecule has 0 aliphatic carbocycles. The average molecular weight is 328 g/mol. The number of nitrogens with zero attached hydrogens (tertiary/aromatic N) is 2. The molecular formula is C18H25BN2O3. The van der Waals surface area contributed by atoms with Crippen molar-refractivity contribution in [3.05, 3.63) is 24.4 Å². The first-order valence-electron chi connectivity index (χ1n) is 8.82. The van der Waals surface area contributed by atoms with Crippen molar-refractivity contribution >= 4 is 23.5 Å². The molecule has 0 saturated carbocycles. The van der Waals surface area contributed by atoms with Gasteiger partial charge in [-0.3, -0.25) is 0 Å². The maximum Gasteiger partial charge on any atom is 0.495 e. The summed E-state index contributed by atoms with van der Waals surface area (Å²) in [7, 11) is -0.372. The number of hydrogen-bond donors (Lipinski definition) is 0. The Hall–Kier alpha value is -1.37. The molecule has 0 unspecified atom stereocenters. The molecule has 2 aromatic rings. The molecule has 0 bridgehead atoms. The molecule has 4 rings (SSSR count). The molecule has 2 saturated heterocycles. The van der Waals surface area contributed by atoms with Crippen molar-refractivity contribution in [3.8, 4) is 0 Å². The Balaban J connectivity index is 1.72. The van der Waals surface area contributed by atoms with Gasteiger partial charge >= 0.3 is 7.12 Å². The SMILES string of the molecule is CC1(C)OB(c2cccc3c2cnn3[C@H]2CCCCO2)OC1(C)C. The van der Waals surface area contributed by atoms with E-state index in [1.165, 1.54) is 6.42 Å². The maximum atomic E-state index is 6.22. The third-order valence-electron chi connectivity index (χ3n) is 5.61. The van der Waals surface area contributed by atoms with Crippen molar-refractivity contribution in [1.82, 2.24) is 9.78 Å². The predicted octanol–water partition coefficient (Wildman–Crippen LogP) is 3.03. The fourth-order valence-corrected chi connectivity index (χ4v) is 3.41. The monoisotopic (exact) mass is 328 g/mol. The second-order valence-corrected chi connectivity index (χ2v) is 7.78. The first-order valence-corrected chi connectivity index (χ1v) is 8.82. The molecule has 0 amide bonds. The predicted molar refractivity (Wildman–Crippen MR) is 94.3 cm³/mol. The number of benzene rings is 1. The molecule has 24 heavy (non-hydrogen) atoms. The van der Waals surface area contributed by atoms with Crippen molar-refractivity contribution < 1.29 is 14.0 Å². The summed E-state index contributed by atoms with van der Waals surface area (Å²) in [6.07, 6.45) is 5.27. The van der Waals surface area contributed by atoms with Crippen LogP contribution in [0.15, 0.2) is 24.4 Å². The van der Waals surface area contributed by atoms with Crippen molar-refractivity contribution in [2.24, 2.45) is 0 Å². The highest BCUT2D eigenvalue weighted by atomic mass is 16.7. The van der Waals surface area contributed by atoms with Crippen molar-refractivity contribution in [2.45, 2.75) is 64.4 Å². The van der Waals surface area contributed by atoms with Crippen LogP contribution in [0.4, 0.5) is 0 Å². The third kappa shape index (κ3) is 2.48. The summed E-state index contributed by atoms with van der Waals surface area (Å²) in [4.78, 5) is 0. The topological polar surface area (TPSA) is 45.5 Å². The lowest BCUT2D eigenvalue weighted by molar-refractivity contribution is -0.0366. The van der Waals surface area contributed by atoms with Crippen LogP contribution in [-0.2, 0) is 14.0 Å². The van der Waals surface area contributed by atoms with Gasteiger partial charge in [0, 0.05) is 12.0 Å². The molecule has 2 aliphatic rings. The first-order chi connectivity index (χ1) is 11.4. The highest BCUT2D eigenvalue weighted by molar-refractivity contribution is 6.65. The van der Waals surface area contributed by atoms with Crippen LogP contribution in [0, 0.1) is 0 Å². The van der Waals surface area contributed by atoms with E-state index in [2.05, 4.69) is 44.9 Å². The summed E-state index contributed by atoms with van der Waals surface area (Å²) in [6, 6.07) is 6.21. The van der Waals surface area contributed by atoms with Crippen LogP contribution in [0.2, 0.25) is 0 Å². The summed E-state index contributed by atoms with van der Waals surface area (Å²) >= 11 is 0. The van der Waals surface area contributed by atoms with E-state index in [9.17, 15) is 0 Å². The molecule has 1 atom stereocenters. The second-order valence-electron chi connectivity index (χ2n) is 7.78. The van der Waals surface area contributed by atoms with Gasteiger partial charge in [0.1, 0.15) is 0 Å². The normalized spacial score (nSPS) is 26.2. The average Bonchev–Trinajstić information content (AvgIpc) is 3.06. The van der Waals surface area contributed by atoms with Gasteiger partial charge in [-0.25, -0.2) is 4.68 Å². The van der Waals surface area contributed by atoms with Gasteiger partial charge in [-0.15, -0.1) is 0 Å². The van der Waals surface area contributed by atoms with Gasteiger partial charge in [0.25, 0.3) is 0 Å². The van der Waals surface area contributed by atoms with Gasteiger partial charge in [0.2, 0.25) is 0 Å². The Morgan fingerprint density at radius 2 is 1.88 bits per heavy atom. The lowest BCUT2D eigenvalue weighted by Crippen LogP contribution is -2.41. The summed E-state index contributed by atoms with van der Waals surface area (Å²) in [5, 5.41) is 5.68. The molecular weight excluding hydrogens is 303 g/mol. The van der Waals surface area contributed by atoms with E-state index in [4.69, 9.17) is 14.0 Å². The van der Waals surface area contributed by atoms with E-state index in [1.807, 2.05) is 16.9 Å². The van der Waals surface area contributed by atoms with Gasteiger partial charge in [0.05, 0.1) is 22.9 Å². The molecule has 2 fully saturated rings. The van der Waals surface area contributed by atoms with Crippen LogP contribution in [0.3, 0.4) is 0 Å². The van der Waals surface area contributed by atoms with Crippen LogP contribution < -0.4 is 5.46 Å². The number of fused-ring (bicyclic) bond motifs is 1. The zero-order chi connectivity index (χ0) is 16.9. The maximum absolute atomic E-state index is 6.22. The quantitative estimate of drug-likeness (QED) is 0.795. The number of rotatable bonds is 2. The van der Waals surface area contributed by atoms with Crippen molar-refractivity contribution in [3.63, 3.8) is 0 Å². The smallest absolute Gasteiger partial charge is 0.399 e. The van der Waals surface area contributed by atoms with Crippen LogP contribution in [-0.4, -0.2) is 34.7 Å². The highest BCUT2D eigenvalue weighted by Crippen LogP contribution is 2.37. The van der Waals surface area contributed by atoms with E-state index < -0.39 is 0 Å². The molecule has 2 aliphatic heterocycles. The van der Waals surface area contributed by atoms with Crippen molar-refractivity contribution in [2.75, 3.05) is 6.61 Å². The Labute approximate surface area is 143 Å². The minimum Gasteiger partial charge on any atom is -0.399 e. The molecule has 0 N–H and O–H groups in total. The lowest BCUT2D eigenvalue weighted by Gasteiger charge is -2.32. The molecule has 0 spiro atoms. The molecule has 3 heterocycles. The lowest BCUT2D eigenvalue weighted by atomic mass is 9.77. The van der Waals surface area contributed by atoms with Gasteiger partial charge in [-0.05, 0) is 58.5 Å². The van der Waals surface area contributed by atoms with Gasteiger partial charge in [0.15, 0.2) is 6.23 Å². The standard InChI is InChI=1S/C18H25BN2O3/c1-17(2)18(3,4)24-19(23-17)14-8-7-9-15-13(14)12-20-21(15)16-10-5-6-11-22-16/h7-9,12,16H,5-6,10-11H2,1-4H3/t16-/m1/s1. The van der Waals surface area contributed by atoms with Crippen LogP contribution in [0.1, 0.15) is 53.2 Å². The first kappa shape index (κ1) is 16.1. The molecule has 5 nitrogen and oxygen atoms in total. The highest BCUT2D eigenvalue weighted by Gasteiger charge is 2.52. The Kier molecular flexibility index (Phi) is 3.75. The largest absolute Gasteiger partial charge is 0.495 e. The zero-order valence-electron chi connectivity index (χ0n) is 14.9. The van der Waals surface area contributed by atoms with Gasteiger partial charge in [-0.1, -0.05) is 12.1 Å². The van der Waals surface area contributed by atoms with Gasteiger partial charge < -0.3 is 14.0 Å². The van der Waals surface area contributed by atoms with Crippen LogP contribution in [0.5, 0.6) is 0 Å². The fraction of sp³-hybridized carbons (Fsp3) is 0.611. The molecule has 1 aromatic heterocycles. The zero-order valence-corrected chi connectivity index (χ0v) is 14.9. The van der Waals surface area contributed by atoms with E-state index in [-0.39, 0.29) is 24.5 Å². The minimum atomic E-state index is -0.372. The number of aromatic nitrogens is 2. The van der Waals surface area contributed by atoms with E-state index >= 15 is 0 Å². The summed E-state index contributed by atoms with van der Waals surface area (Å²) < 4.78 is 20.3. The molecule has 128 valence electrons. The minimum absolute atomic E-state index is 0.0322. The van der Waals surface area contributed by atoms with Gasteiger partial charge in [-0.2, -0.15) is 5.10 Å². The van der Waals surface area contributed by atoms with Crippen molar-refractivity contribution in [1.29, 1.82) is 0 Å². The second kappa shape index (κ2) is 5.58. The Morgan fingerprint density at radius 3 is 2.54 bits per heavy atom. The van der Waals surface area contributed by atoms with E-state index in [0.29, 0.717) is 0 Å². The van der Waals surface area contributed by atoms with E-state index in [1.54, 1.807) is 0 Å². The Morgan fingerprint density at radius 1 is 1.12 bits per heavy atom. The fourth-order valence-electron chi connectivity index (χ4n) is 3.41. The Bertz CT molecular complexity index is 734. The number of ether oxygens (including phenoxy) is 1. The molecule has 1 aromatic carbocycles. The number of hydrogen-bond acceptors (Lipinski definition) is 4. The molecule has 0 radical (unpaired) electrons. The van der Waals surface area contributed by atoms with E-state index in [0.717, 1.165) is 35.8 Å². The van der Waals surface area contributed by atoms with Crippen LogP contribution in [0.25, 0.3) is 10.9 Å². The summed E-state index contributed by atoms with van der Waals surface area (Å²) in [5.41, 5.74) is 1.42.